The van der Waals surface area contributed by atoms with Crippen LogP contribution in [0.2, 0.25) is 0 Å². The number of aliphatic hydroxyl groups is 1. The van der Waals surface area contributed by atoms with Crippen molar-refractivity contribution in [2.24, 2.45) is 10.8 Å². The minimum absolute atomic E-state index is 0. The van der Waals surface area contributed by atoms with E-state index in [2.05, 4.69) is 107 Å². The molecule has 3 aromatic heterocycles. The Bertz CT molecular complexity index is 2220. The van der Waals surface area contributed by atoms with Gasteiger partial charge in [-0.3, -0.25) is 9.78 Å². The molecule has 0 aliphatic rings. The number of fused-ring (bicyclic) bond motifs is 3. The van der Waals surface area contributed by atoms with Crippen molar-refractivity contribution >= 4 is 59.5 Å². The Morgan fingerprint density at radius 2 is 1.38 bits per heavy atom. The van der Waals surface area contributed by atoms with Gasteiger partial charge in [-0.15, -0.1) is 51.8 Å². The van der Waals surface area contributed by atoms with Gasteiger partial charge in [-0.05, 0) is 62.6 Å². The van der Waals surface area contributed by atoms with Gasteiger partial charge in [0.15, 0.2) is 5.78 Å². The van der Waals surface area contributed by atoms with E-state index in [4.69, 9.17) is 4.98 Å². The number of aliphatic hydroxyl groups excluding tert-OH is 1. The van der Waals surface area contributed by atoms with Gasteiger partial charge in [0.1, 0.15) is 10.6 Å². The summed E-state index contributed by atoms with van der Waals surface area (Å²) in [7, 11) is 0. The summed E-state index contributed by atoms with van der Waals surface area (Å²) in [6.07, 6.45) is 4.75. The van der Waals surface area contributed by atoms with Crippen LogP contribution in [0.3, 0.4) is 0 Å². The molecule has 6 heteroatoms. The predicted octanol–water partition coefficient (Wildman–Crippen LogP) is 14.4. The largest absolute Gasteiger partial charge is 0.512 e. The third kappa shape index (κ3) is 8.31. The molecule has 52 heavy (non-hydrogen) atoms. The number of thiophene rings is 2. The molecule has 1 radical (unpaired) electrons. The van der Waals surface area contributed by atoms with E-state index in [0.29, 0.717) is 0 Å². The molecule has 0 aliphatic heterocycles. The number of rotatable bonds is 9. The third-order valence-electron chi connectivity index (χ3n) is 11.1. The minimum atomic E-state index is -0.337. The summed E-state index contributed by atoms with van der Waals surface area (Å²) in [6, 6.07) is 27.9. The Balaban J connectivity index is 0.000000289. The van der Waals surface area contributed by atoms with Crippen LogP contribution < -0.4 is 0 Å². The number of ketones is 1. The van der Waals surface area contributed by atoms with Crippen molar-refractivity contribution in [1.29, 1.82) is 0 Å². The molecule has 0 fully saturated rings. The Kier molecular flexibility index (Phi) is 13.2. The number of hydrogen-bond donors (Lipinski definition) is 1. The first-order chi connectivity index (χ1) is 24.1. The van der Waals surface area contributed by atoms with Gasteiger partial charge < -0.3 is 5.11 Å². The van der Waals surface area contributed by atoms with Crippen molar-refractivity contribution < 1.29 is 30.0 Å². The van der Waals surface area contributed by atoms with Crippen LogP contribution in [0.4, 0.5) is 0 Å². The first-order valence-corrected chi connectivity index (χ1v) is 20.0. The zero-order valence-electron chi connectivity index (χ0n) is 32.7. The fourth-order valence-corrected chi connectivity index (χ4v) is 8.64. The van der Waals surface area contributed by atoms with E-state index in [0.717, 1.165) is 47.2 Å². The molecular formula is C46H54IrNO2S2-. The van der Waals surface area contributed by atoms with E-state index in [1.165, 1.54) is 53.4 Å². The van der Waals surface area contributed by atoms with Crippen LogP contribution in [0, 0.1) is 30.7 Å². The molecule has 0 saturated heterocycles. The van der Waals surface area contributed by atoms with Gasteiger partial charge in [-0.1, -0.05) is 116 Å². The van der Waals surface area contributed by atoms with E-state index < -0.39 is 0 Å². The maximum absolute atomic E-state index is 12.2. The van der Waals surface area contributed by atoms with Gasteiger partial charge in [0.2, 0.25) is 0 Å². The van der Waals surface area contributed by atoms with Crippen LogP contribution in [0.15, 0.2) is 78.6 Å². The number of aromatic nitrogens is 1. The van der Waals surface area contributed by atoms with Crippen molar-refractivity contribution in [3.8, 4) is 22.4 Å². The second-order valence-corrected chi connectivity index (χ2v) is 18.0. The van der Waals surface area contributed by atoms with Crippen molar-refractivity contribution in [1.82, 2.24) is 4.98 Å². The van der Waals surface area contributed by atoms with Gasteiger partial charge in [-0.2, -0.15) is 0 Å². The summed E-state index contributed by atoms with van der Waals surface area (Å²) in [6.45, 7) is 23.3. The molecule has 3 aromatic carbocycles. The second-order valence-electron chi connectivity index (χ2n) is 15.5. The zero-order valence-corrected chi connectivity index (χ0v) is 36.7. The molecule has 277 valence electrons. The summed E-state index contributed by atoms with van der Waals surface area (Å²) >= 11 is 3.65. The molecule has 0 unspecified atom stereocenters. The fraction of sp³-hybridized carbons (Fsp3) is 0.391. The second kappa shape index (κ2) is 16.5. The molecule has 0 spiro atoms. The SMILES string of the molecule is CCC(C)(CC)C(=O)/C=C(\O)C(C)(CC)CC.Cc1cc2c(-c3c(C)sc4ccccc34)cc(-c3[c-]c4ccccc4c(C(C)(C)C)c3)nc2s1.[Ir]. The molecule has 0 aliphatic carbocycles. The summed E-state index contributed by atoms with van der Waals surface area (Å²) in [5.41, 5.74) is 5.43. The first kappa shape index (κ1) is 41.6. The standard InChI is InChI=1S/C31H26NS2.C15H28O2.Ir/c1-18-14-25-24(29-19(2)34-28-13-9-8-12-23(28)29)17-27(32-30(25)33-18)21-15-20-10-6-7-11-22(20)26(16-21)31(3,4)5;1-7-14(5,8-2)12(16)11-13(17)15(6,9-3)10-4;/h6-14,16-17H,1-5H3;11,16H,7-10H2,1-6H3;/q-1;;/b;12-11-;. The van der Waals surface area contributed by atoms with Crippen molar-refractivity contribution in [2.75, 3.05) is 0 Å². The van der Waals surface area contributed by atoms with E-state index >= 15 is 0 Å². The number of aryl methyl sites for hydroxylation is 2. The number of hydrogen-bond acceptors (Lipinski definition) is 5. The van der Waals surface area contributed by atoms with Crippen LogP contribution >= 0.6 is 22.7 Å². The number of benzene rings is 3. The monoisotopic (exact) mass is 909 g/mol. The third-order valence-corrected chi connectivity index (χ3v) is 13.2. The summed E-state index contributed by atoms with van der Waals surface area (Å²) < 4.78 is 1.33. The van der Waals surface area contributed by atoms with Crippen molar-refractivity contribution in [3.05, 3.63) is 99.9 Å². The van der Waals surface area contributed by atoms with Gasteiger partial charge in [0.25, 0.3) is 0 Å². The summed E-state index contributed by atoms with van der Waals surface area (Å²) in [4.78, 5) is 21.1. The van der Waals surface area contributed by atoms with Crippen molar-refractivity contribution in [3.63, 3.8) is 0 Å². The molecule has 6 aromatic rings. The molecule has 0 saturated carbocycles. The maximum Gasteiger partial charge on any atom is 0.164 e. The molecular weight excluding hydrogens is 855 g/mol. The normalized spacial score (nSPS) is 12.6. The number of allylic oxidation sites excluding steroid dienone is 2. The van der Waals surface area contributed by atoms with Crippen LogP contribution in [-0.4, -0.2) is 15.9 Å². The molecule has 0 amide bonds. The van der Waals surface area contributed by atoms with Crippen LogP contribution in [0.5, 0.6) is 0 Å². The summed E-state index contributed by atoms with van der Waals surface area (Å²) in [5.74, 6) is 0.286. The molecule has 1 N–H and O–H groups in total. The van der Waals surface area contributed by atoms with E-state index in [1.807, 2.05) is 52.9 Å². The number of carbonyl (C=O) groups is 1. The van der Waals surface area contributed by atoms with Gasteiger partial charge in [0, 0.05) is 73.5 Å². The Labute approximate surface area is 333 Å². The van der Waals surface area contributed by atoms with Gasteiger partial charge >= 0.3 is 0 Å². The smallest absolute Gasteiger partial charge is 0.164 e. The number of pyridine rings is 1. The molecule has 3 nitrogen and oxygen atoms in total. The van der Waals surface area contributed by atoms with Crippen LogP contribution in [0.1, 0.15) is 103 Å². The van der Waals surface area contributed by atoms with E-state index in [-0.39, 0.29) is 47.9 Å². The molecule has 6 rings (SSSR count). The first-order valence-electron chi connectivity index (χ1n) is 18.4. The minimum Gasteiger partial charge on any atom is -0.512 e. The van der Waals surface area contributed by atoms with E-state index in [9.17, 15) is 9.90 Å². The average Bonchev–Trinajstić information content (AvgIpc) is 3.67. The molecule has 0 bridgehead atoms. The Morgan fingerprint density at radius 1 is 0.788 bits per heavy atom. The number of nitrogens with zero attached hydrogens (tertiary/aromatic N) is 1. The molecule has 3 heterocycles. The van der Waals surface area contributed by atoms with Crippen molar-refractivity contribution in [2.45, 2.75) is 107 Å². The maximum atomic E-state index is 12.2. The van der Waals surface area contributed by atoms with Gasteiger partial charge in [0.05, 0.1) is 0 Å². The average molecular weight is 909 g/mol. The van der Waals surface area contributed by atoms with E-state index in [1.54, 1.807) is 11.3 Å². The zero-order chi connectivity index (χ0) is 37.3. The van der Waals surface area contributed by atoms with Crippen LogP contribution in [0.25, 0.3) is 53.5 Å². The Hall–Kier alpha value is -3.15. The molecule has 0 atom stereocenters. The predicted molar refractivity (Wildman–Crippen MR) is 223 cm³/mol. The quantitative estimate of drug-likeness (QED) is 0.0893. The van der Waals surface area contributed by atoms with Crippen LogP contribution in [-0.2, 0) is 30.3 Å². The summed E-state index contributed by atoms with van der Waals surface area (Å²) in [5, 5.41) is 15.1. The fourth-order valence-electron chi connectivity index (χ4n) is 6.65. The number of carbonyl (C=O) groups excluding carboxylic acids is 1. The Morgan fingerprint density at radius 3 is 2.00 bits per heavy atom. The topological polar surface area (TPSA) is 50.2 Å². The van der Waals surface area contributed by atoms with Gasteiger partial charge in [-0.25, -0.2) is 0 Å².